The summed E-state index contributed by atoms with van der Waals surface area (Å²) in [7, 11) is 0. The molecule has 0 bridgehead atoms. The van der Waals surface area contributed by atoms with Gasteiger partial charge in [0.1, 0.15) is 18.1 Å². The maximum atomic E-state index is 13.0. The third-order valence-corrected chi connectivity index (χ3v) is 5.92. The summed E-state index contributed by atoms with van der Waals surface area (Å²) in [4.78, 5) is 53.8. The lowest BCUT2D eigenvalue weighted by Gasteiger charge is -2.28. The third kappa shape index (κ3) is 5.22. The van der Waals surface area contributed by atoms with Crippen LogP contribution in [0.3, 0.4) is 0 Å². The highest BCUT2D eigenvalue weighted by atomic mass is 32.1. The second-order valence-electron chi connectivity index (χ2n) is 7.66. The molecule has 3 unspecified atom stereocenters. The van der Waals surface area contributed by atoms with Gasteiger partial charge in [-0.1, -0.05) is 18.2 Å². The van der Waals surface area contributed by atoms with E-state index in [9.17, 15) is 24.3 Å². The van der Waals surface area contributed by atoms with Crippen LogP contribution in [-0.2, 0) is 25.6 Å². The molecule has 1 aromatic carbocycles. The first-order valence-electron chi connectivity index (χ1n) is 10.3. The van der Waals surface area contributed by atoms with Crippen LogP contribution in [0.2, 0.25) is 0 Å². The summed E-state index contributed by atoms with van der Waals surface area (Å²) in [5, 5.41) is 15.7. The summed E-state index contributed by atoms with van der Waals surface area (Å²) in [5.41, 5.74) is 6.94. The van der Waals surface area contributed by atoms with Crippen molar-refractivity contribution in [1.29, 1.82) is 0 Å². The molecule has 6 N–H and O–H groups in total. The van der Waals surface area contributed by atoms with Gasteiger partial charge in [0.2, 0.25) is 17.7 Å². The molecular weight excluding hydrogens is 434 g/mol. The van der Waals surface area contributed by atoms with Crippen LogP contribution in [0, 0.1) is 0 Å². The Morgan fingerprint density at radius 1 is 1.22 bits per heavy atom. The van der Waals surface area contributed by atoms with Gasteiger partial charge in [0.05, 0.1) is 6.54 Å². The van der Waals surface area contributed by atoms with Crippen molar-refractivity contribution < 1.29 is 24.3 Å². The lowest BCUT2D eigenvalue weighted by Crippen LogP contribution is -2.56. The monoisotopic (exact) mass is 461 g/mol. The molecule has 172 valence electrons. The number of fused-ring (bicyclic) bond motifs is 1. The number of rotatable bonds is 9. The molecule has 3 amide bonds. The van der Waals surface area contributed by atoms with Crippen LogP contribution in [0.5, 0.6) is 0 Å². The lowest BCUT2D eigenvalue weighted by molar-refractivity contribution is -0.144. The number of para-hydroxylation sites is 1. The van der Waals surface area contributed by atoms with Gasteiger partial charge in [-0.2, -0.15) is 12.6 Å². The Balaban J connectivity index is 1.70. The van der Waals surface area contributed by atoms with E-state index < -0.39 is 41.8 Å². The molecule has 3 atom stereocenters. The number of hydrogen-bond donors (Lipinski definition) is 6. The van der Waals surface area contributed by atoms with E-state index >= 15 is 0 Å². The molecule has 1 aliphatic rings. The van der Waals surface area contributed by atoms with E-state index in [2.05, 4.69) is 28.2 Å². The summed E-state index contributed by atoms with van der Waals surface area (Å²) in [6.45, 7) is 0.0650. The maximum absolute atomic E-state index is 13.0. The number of carbonyl (C=O) groups is 4. The molecule has 0 radical (unpaired) electrons. The number of likely N-dealkylation sites (tertiary alicyclic amines) is 1. The van der Waals surface area contributed by atoms with Crippen LogP contribution in [0.1, 0.15) is 18.4 Å². The Bertz CT molecular complexity index is 1010. The van der Waals surface area contributed by atoms with Gasteiger partial charge in [-0.15, -0.1) is 0 Å². The number of amides is 3. The van der Waals surface area contributed by atoms with Gasteiger partial charge in [-0.3, -0.25) is 14.4 Å². The number of nitrogens with two attached hydrogens (primary N) is 1. The molecule has 1 fully saturated rings. The van der Waals surface area contributed by atoms with Crippen molar-refractivity contribution in [1.82, 2.24) is 20.5 Å². The molecule has 2 heterocycles. The number of aliphatic carboxylic acids is 1. The quantitative estimate of drug-likeness (QED) is 0.280. The van der Waals surface area contributed by atoms with E-state index in [-0.39, 0.29) is 18.7 Å². The van der Waals surface area contributed by atoms with E-state index in [0.717, 1.165) is 16.5 Å². The van der Waals surface area contributed by atoms with Crippen molar-refractivity contribution in [2.75, 3.05) is 18.8 Å². The topological polar surface area (TPSA) is 158 Å². The highest BCUT2D eigenvalue weighted by Crippen LogP contribution is 2.21. The van der Waals surface area contributed by atoms with E-state index in [1.165, 1.54) is 4.90 Å². The Labute approximate surface area is 190 Å². The fourth-order valence-electron chi connectivity index (χ4n) is 3.93. The zero-order valence-corrected chi connectivity index (χ0v) is 18.3. The first kappa shape index (κ1) is 23.6. The number of thiol groups is 1. The number of carbonyl (C=O) groups excluding carboxylic acids is 3. The maximum Gasteiger partial charge on any atom is 0.326 e. The van der Waals surface area contributed by atoms with Gasteiger partial charge in [-0.25, -0.2) is 4.79 Å². The van der Waals surface area contributed by atoms with E-state index in [0.29, 0.717) is 19.4 Å². The van der Waals surface area contributed by atoms with Crippen LogP contribution >= 0.6 is 12.6 Å². The van der Waals surface area contributed by atoms with E-state index in [4.69, 9.17) is 5.73 Å². The minimum Gasteiger partial charge on any atom is -0.480 e. The molecule has 32 heavy (non-hydrogen) atoms. The van der Waals surface area contributed by atoms with E-state index in [1.54, 1.807) is 6.20 Å². The van der Waals surface area contributed by atoms with Crippen molar-refractivity contribution in [3.8, 4) is 0 Å². The smallest absolute Gasteiger partial charge is 0.326 e. The molecule has 0 aliphatic carbocycles. The lowest BCUT2D eigenvalue weighted by atomic mass is 10.0. The number of carboxylic acids is 1. The molecule has 3 rings (SSSR count). The summed E-state index contributed by atoms with van der Waals surface area (Å²) in [5.74, 6) is -2.59. The number of benzene rings is 1. The van der Waals surface area contributed by atoms with Crippen molar-refractivity contribution in [3.63, 3.8) is 0 Å². The average molecular weight is 462 g/mol. The zero-order valence-electron chi connectivity index (χ0n) is 17.4. The van der Waals surface area contributed by atoms with Crippen LogP contribution < -0.4 is 16.4 Å². The second kappa shape index (κ2) is 10.5. The van der Waals surface area contributed by atoms with Crippen molar-refractivity contribution in [2.24, 2.45) is 5.73 Å². The minimum atomic E-state index is -1.16. The highest BCUT2D eigenvalue weighted by molar-refractivity contribution is 7.80. The van der Waals surface area contributed by atoms with Gasteiger partial charge in [0.15, 0.2) is 0 Å². The summed E-state index contributed by atoms with van der Waals surface area (Å²) < 4.78 is 0. The normalized spacial score (nSPS) is 17.7. The Kier molecular flexibility index (Phi) is 7.75. The number of H-pyrrole nitrogens is 1. The average Bonchev–Trinajstić information content (AvgIpc) is 3.44. The molecule has 11 heteroatoms. The molecule has 10 nitrogen and oxygen atoms in total. The SMILES string of the molecule is NCC(=O)NC(CS)C(=O)N1CCCC1C(=O)NC(Cc1c[nH]c2ccccc12)C(=O)O. The number of aromatic nitrogens is 1. The predicted octanol–water partition coefficient (Wildman–Crippen LogP) is -0.356. The van der Waals surface area contributed by atoms with Crippen LogP contribution in [0.4, 0.5) is 0 Å². The van der Waals surface area contributed by atoms with Gasteiger partial charge in [0.25, 0.3) is 0 Å². The predicted molar refractivity (Wildman–Crippen MR) is 121 cm³/mol. The number of nitrogens with zero attached hydrogens (tertiary/aromatic N) is 1. The molecule has 0 saturated carbocycles. The summed E-state index contributed by atoms with van der Waals surface area (Å²) >= 11 is 4.12. The van der Waals surface area contributed by atoms with Gasteiger partial charge in [0, 0.05) is 35.8 Å². The number of aromatic amines is 1. The zero-order chi connectivity index (χ0) is 23.3. The standard InChI is InChI=1S/C21H27N5O5S/c22-9-18(27)24-16(11-32)20(29)26-7-3-6-17(26)19(28)25-15(21(30)31)8-12-10-23-14-5-2-1-4-13(12)14/h1-2,4-5,10,15-17,23,32H,3,6-9,11,22H2,(H,24,27)(H,25,28)(H,30,31). The van der Waals surface area contributed by atoms with E-state index in [1.807, 2.05) is 24.3 Å². The number of carboxylic acid groups (broad SMARTS) is 1. The number of nitrogens with one attached hydrogen (secondary N) is 3. The first-order valence-corrected chi connectivity index (χ1v) is 11.0. The Morgan fingerprint density at radius 3 is 2.66 bits per heavy atom. The first-order chi connectivity index (χ1) is 15.3. The molecule has 1 aromatic heterocycles. The van der Waals surface area contributed by atoms with Crippen molar-refractivity contribution in [3.05, 3.63) is 36.0 Å². The molecule has 0 spiro atoms. The minimum absolute atomic E-state index is 0.0493. The van der Waals surface area contributed by atoms with Crippen molar-refractivity contribution in [2.45, 2.75) is 37.4 Å². The summed E-state index contributed by atoms with van der Waals surface area (Å²) in [6.07, 6.45) is 2.82. The molecule has 2 aromatic rings. The largest absolute Gasteiger partial charge is 0.480 e. The van der Waals surface area contributed by atoms with Crippen LogP contribution in [-0.4, -0.2) is 75.6 Å². The van der Waals surface area contributed by atoms with Gasteiger partial charge >= 0.3 is 5.97 Å². The van der Waals surface area contributed by atoms with Crippen LogP contribution in [0.25, 0.3) is 10.9 Å². The Morgan fingerprint density at radius 2 is 1.97 bits per heavy atom. The fraction of sp³-hybridized carbons (Fsp3) is 0.429. The van der Waals surface area contributed by atoms with Crippen molar-refractivity contribution >= 4 is 47.2 Å². The van der Waals surface area contributed by atoms with Crippen LogP contribution in [0.15, 0.2) is 30.5 Å². The van der Waals surface area contributed by atoms with Gasteiger partial charge in [-0.05, 0) is 24.5 Å². The Hall–Kier alpha value is -3.05. The second-order valence-corrected chi connectivity index (χ2v) is 8.02. The highest BCUT2D eigenvalue weighted by Gasteiger charge is 2.38. The molecule has 1 aliphatic heterocycles. The third-order valence-electron chi connectivity index (χ3n) is 5.55. The molecular formula is C21H27N5O5S. The molecule has 1 saturated heterocycles. The van der Waals surface area contributed by atoms with Gasteiger partial charge < -0.3 is 31.4 Å². The number of hydrogen-bond acceptors (Lipinski definition) is 6. The summed E-state index contributed by atoms with van der Waals surface area (Å²) in [6, 6.07) is 4.62. The fourth-order valence-corrected chi connectivity index (χ4v) is 4.18.